The average Bonchev–Trinajstić information content (AvgIpc) is 3.31. The van der Waals surface area contributed by atoms with Crippen LogP contribution in [0.2, 0.25) is 0 Å². The normalized spacial score (nSPS) is 18.5. The number of aromatic nitrogens is 2. The van der Waals surface area contributed by atoms with Gasteiger partial charge in [0.2, 0.25) is 5.91 Å². The summed E-state index contributed by atoms with van der Waals surface area (Å²) in [6.45, 7) is 3.00. The largest absolute Gasteiger partial charge is 0.468 e. The van der Waals surface area contributed by atoms with E-state index in [0.29, 0.717) is 12.1 Å². The molecule has 1 aliphatic heterocycles. The second-order valence-corrected chi connectivity index (χ2v) is 6.46. The highest BCUT2D eigenvalue weighted by Crippen LogP contribution is 2.19. The van der Waals surface area contributed by atoms with Crippen molar-refractivity contribution in [3.05, 3.63) is 47.9 Å². The molecule has 0 saturated carbocycles. The highest BCUT2D eigenvalue weighted by Gasteiger charge is 2.26. The number of fused-ring (bicyclic) bond motifs is 1. The van der Waals surface area contributed by atoms with Crippen molar-refractivity contribution >= 4 is 16.9 Å². The van der Waals surface area contributed by atoms with E-state index in [1.54, 1.807) is 6.26 Å². The van der Waals surface area contributed by atoms with Crippen molar-refractivity contribution in [1.29, 1.82) is 0 Å². The zero-order valence-electron chi connectivity index (χ0n) is 13.9. The second kappa shape index (κ2) is 7.06. The minimum atomic E-state index is 0.0150. The molecule has 0 unspecified atom stereocenters. The molecule has 4 rings (SSSR count). The first-order valence-corrected chi connectivity index (χ1v) is 8.51. The monoisotopic (exact) mass is 340 g/mol. The number of piperidine rings is 1. The van der Waals surface area contributed by atoms with Crippen LogP contribution in [-0.2, 0) is 17.9 Å². The van der Waals surface area contributed by atoms with Gasteiger partial charge in [-0.05, 0) is 59.5 Å². The third-order valence-corrected chi connectivity index (χ3v) is 4.62. The van der Waals surface area contributed by atoms with E-state index < -0.39 is 0 Å². The van der Waals surface area contributed by atoms with Crippen molar-refractivity contribution in [2.45, 2.75) is 25.9 Å². The second-order valence-electron chi connectivity index (χ2n) is 6.46. The smallest absolute Gasteiger partial charge is 0.224 e. The van der Waals surface area contributed by atoms with Gasteiger partial charge in [0.15, 0.2) is 0 Å². The zero-order chi connectivity index (χ0) is 17.1. The molecule has 25 heavy (non-hydrogen) atoms. The van der Waals surface area contributed by atoms with Crippen molar-refractivity contribution in [3.63, 3.8) is 0 Å². The van der Waals surface area contributed by atoms with Crippen LogP contribution >= 0.6 is 0 Å². The molecule has 0 aliphatic carbocycles. The summed E-state index contributed by atoms with van der Waals surface area (Å²) in [5.74, 6) is 1.05. The fourth-order valence-electron chi connectivity index (χ4n) is 3.31. The van der Waals surface area contributed by atoms with Crippen molar-refractivity contribution in [2.75, 3.05) is 13.1 Å². The lowest BCUT2D eigenvalue weighted by Crippen LogP contribution is -2.42. The van der Waals surface area contributed by atoms with Crippen molar-refractivity contribution in [1.82, 2.24) is 20.5 Å². The molecule has 1 fully saturated rings. The van der Waals surface area contributed by atoms with Crippen LogP contribution in [0.4, 0.5) is 0 Å². The summed E-state index contributed by atoms with van der Waals surface area (Å²) in [6, 6.07) is 9.52. The molecule has 0 radical (unpaired) electrons. The molecule has 1 atom stereocenters. The van der Waals surface area contributed by atoms with Crippen LogP contribution in [0.5, 0.6) is 0 Å². The van der Waals surface area contributed by atoms with E-state index in [4.69, 9.17) is 9.05 Å². The number of likely N-dealkylation sites (tertiary alicyclic amines) is 1. The molecule has 130 valence electrons. The van der Waals surface area contributed by atoms with Gasteiger partial charge < -0.3 is 9.73 Å². The zero-order valence-corrected chi connectivity index (χ0v) is 13.9. The summed E-state index contributed by atoms with van der Waals surface area (Å²) in [4.78, 5) is 14.8. The van der Waals surface area contributed by atoms with Crippen LogP contribution in [0.15, 0.2) is 45.6 Å². The minimum Gasteiger partial charge on any atom is -0.468 e. The molecule has 1 amide bonds. The molecule has 7 heteroatoms. The lowest BCUT2D eigenvalue weighted by atomic mass is 9.97. The Morgan fingerprint density at radius 3 is 3.08 bits per heavy atom. The van der Waals surface area contributed by atoms with E-state index in [2.05, 4.69) is 20.5 Å². The van der Waals surface area contributed by atoms with Gasteiger partial charge >= 0.3 is 0 Å². The third kappa shape index (κ3) is 3.71. The van der Waals surface area contributed by atoms with Gasteiger partial charge in [-0.1, -0.05) is 6.07 Å². The molecular formula is C18H20N4O3. The Labute approximate surface area is 144 Å². The van der Waals surface area contributed by atoms with Gasteiger partial charge in [0, 0.05) is 13.1 Å². The molecule has 3 aromatic rings. The van der Waals surface area contributed by atoms with Gasteiger partial charge in [-0.15, -0.1) is 0 Å². The summed E-state index contributed by atoms with van der Waals surface area (Å²) in [5.41, 5.74) is 2.41. The van der Waals surface area contributed by atoms with E-state index in [1.165, 1.54) is 0 Å². The van der Waals surface area contributed by atoms with Gasteiger partial charge in [0.05, 0.1) is 18.7 Å². The topological polar surface area (TPSA) is 84.4 Å². The van der Waals surface area contributed by atoms with Gasteiger partial charge in [0.25, 0.3) is 0 Å². The van der Waals surface area contributed by atoms with Crippen LogP contribution in [-0.4, -0.2) is 34.2 Å². The fourth-order valence-corrected chi connectivity index (χ4v) is 3.31. The molecule has 1 N–H and O–H groups in total. The van der Waals surface area contributed by atoms with Gasteiger partial charge in [0.1, 0.15) is 16.8 Å². The molecule has 3 heterocycles. The van der Waals surface area contributed by atoms with E-state index in [0.717, 1.165) is 49.3 Å². The lowest BCUT2D eigenvalue weighted by Gasteiger charge is -2.31. The quantitative estimate of drug-likeness (QED) is 0.767. The van der Waals surface area contributed by atoms with E-state index in [1.807, 2.05) is 30.3 Å². The van der Waals surface area contributed by atoms with Crippen LogP contribution in [0.1, 0.15) is 24.2 Å². The summed E-state index contributed by atoms with van der Waals surface area (Å²) in [7, 11) is 0. The van der Waals surface area contributed by atoms with Crippen LogP contribution in [0, 0.1) is 5.92 Å². The Morgan fingerprint density at radius 2 is 2.20 bits per heavy atom. The standard InChI is InChI=1S/C18H20N4O3/c23-18(19-10-13-5-6-16-17(9-13)21-25-20-16)14-3-1-7-22(11-14)12-15-4-2-8-24-15/h2,4-6,8-9,14H,1,3,7,10-12H2,(H,19,23)/t14-/m0/s1. The van der Waals surface area contributed by atoms with Gasteiger partial charge in [-0.3, -0.25) is 9.69 Å². The Kier molecular flexibility index (Phi) is 4.47. The summed E-state index contributed by atoms with van der Waals surface area (Å²) in [6.07, 6.45) is 3.63. The van der Waals surface area contributed by atoms with Crippen molar-refractivity contribution < 1.29 is 13.8 Å². The number of carbonyl (C=O) groups is 1. The van der Waals surface area contributed by atoms with Crippen LogP contribution < -0.4 is 5.32 Å². The summed E-state index contributed by atoms with van der Waals surface area (Å²) < 4.78 is 10.1. The first-order chi connectivity index (χ1) is 12.3. The van der Waals surface area contributed by atoms with Crippen molar-refractivity contribution in [2.24, 2.45) is 5.92 Å². The number of hydrogen-bond donors (Lipinski definition) is 1. The molecule has 2 aromatic heterocycles. The van der Waals surface area contributed by atoms with E-state index in [-0.39, 0.29) is 11.8 Å². The maximum absolute atomic E-state index is 12.5. The SMILES string of the molecule is O=C(NCc1ccc2nonc2c1)[C@H]1CCCN(Cc2ccco2)C1. The maximum Gasteiger partial charge on any atom is 0.224 e. The highest BCUT2D eigenvalue weighted by molar-refractivity contribution is 5.79. The predicted molar refractivity (Wildman–Crippen MR) is 90.4 cm³/mol. The molecule has 7 nitrogen and oxygen atoms in total. The summed E-state index contributed by atoms with van der Waals surface area (Å²) in [5, 5.41) is 10.6. The summed E-state index contributed by atoms with van der Waals surface area (Å²) >= 11 is 0. The number of nitrogens with zero attached hydrogens (tertiary/aromatic N) is 3. The first kappa shape index (κ1) is 15.8. The van der Waals surface area contributed by atoms with Crippen molar-refractivity contribution in [3.8, 4) is 0 Å². The highest BCUT2D eigenvalue weighted by atomic mass is 16.6. The lowest BCUT2D eigenvalue weighted by molar-refractivity contribution is -0.127. The Morgan fingerprint density at radius 1 is 1.28 bits per heavy atom. The van der Waals surface area contributed by atoms with Crippen LogP contribution in [0.3, 0.4) is 0 Å². The van der Waals surface area contributed by atoms with E-state index in [9.17, 15) is 4.79 Å². The Hall–Kier alpha value is -2.67. The predicted octanol–water partition coefficient (Wildman–Crippen LogP) is 2.34. The molecule has 1 saturated heterocycles. The maximum atomic E-state index is 12.5. The molecule has 1 aliphatic rings. The number of carbonyl (C=O) groups excluding carboxylic acids is 1. The van der Waals surface area contributed by atoms with Gasteiger partial charge in [-0.25, -0.2) is 4.63 Å². The number of rotatable bonds is 5. The fraction of sp³-hybridized carbons (Fsp3) is 0.389. The van der Waals surface area contributed by atoms with Crippen LogP contribution in [0.25, 0.3) is 11.0 Å². The number of nitrogens with one attached hydrogen (secondary N) is 1. The van der Waals surface area contributed by atoms with E-state index >= 15 is 0 Å². The van der Waals surface area contributed by atoms with Gasteiger partial charge in [-0.2, -0.15) is 0 Å². The average molecular weight is 340 g/mol. The number of amides is 1. The molecule has 1 aromatic carbocycles. The molecule has 0 bridgehead atoms. The Balaban J connectivity index is 1.32. The first-order valence-electron chi connectivity index (χ1n) is 8.51. The minimum absolute atomic E-state index is 0.0150. The number of furan rings is 1. The number of benzene rings is 1. The molecular weight excluding hydrogens is 320 g/mol. The third-order valence-electron chi connectivity index (χ3n) is 4.62. The number of hydrogen-bond acceptors (Lipinski definition) is 6. The Bertz CT molecular complexity index is 843. The molecule has 0 spiro atoms.